The third-order valence-electron chi connectivity index (χ3n) is 9.90. The first-order valence-corrected chi connectivity index (χ1v) is 19.3. The van der Waals surface area contributed by atoms with Gasteiger partial charge < -0.3 is 29.9 Å². The highest BCUT2D eigenvalue weighted by molar-refractivity contribution is 7.91. The van der Waals surface area contributed by atoms with E-state index >= 15 is 0 Å². The SMILES string of the molecule is C=CC(=O)N(CC)C[C@@H]1NC(=O)OCCC/C=C/c2ccc3ccnc(c3c2)O[C@@H]2C[C@@H](C(=O)NC3(C(=O)NS(=O)(=O)C4CC4)CC(=C)C3)N(C2)C1=O. The first kappa shape index (κ1) is 37.5. The van der Waals surface area contributed by atoms with Crippen LogP contribution in [0.15, 0.2) is 61.3 Å². The maximum atomic E-state index is 14.5. The van der Waals surface area contributed by atoms with Gasteiger partial charge in [-0.1, -0.05) is 43.0 Å². The van der Waals surface area contributed by atoms with Crippen molar-refractivity contribution in [3.8, 4) is 5.88 Å². The Hall–Kier alpha value is -5.25. The Morgan fingerprint density at radius 1 is 1.19 bits per heavy atom. The summed E-state index contributed by atoms with van der Waals surface area (Å²) in [5, 5.41) is 6.26. The molecule has 4 bridgehead atoms. The van der Waals surface area contributed by atoms with Gasteiger partial charge in [-0.25, -0.2) is 18.2 Å². The van der Waals surface area contributed by atoms with Crippen LogP contribution in [0, 0.1) is 0 Å². The maximum Gasteiger partial charge on any atom is 0.407 e. The van der Waals surface area contributed by atoms with Crippen molar-refractivity contribution in [3.63, 3.8) is 0 Å². The van der Waals surface area contributed by atoms with Gasteiger partial charge in [0.05, 0.1) is 24.9 Å². The van der Waals surface area contributed by atoms with Gasteiger partial charge in [0.1, 0.15) is 23.7 Å². The summed E-state index contributed by atoms with van der Waals surface area (Å²) in [6.45, 7) is 9.00. The van der Waals surface area contributed by atoms with Crippen LogP contribution in [-0.2, 0) is 33.9 Å². The first-order valence-electron chi connectivity index (χ1n) is 17.7. The van der Waals surface area contributed by atoms with Gasteiger partial charge in [0.25, 0.3) is 5.91 Å². The number of fused-ring (bicyclic) bond motifs is 3. The Morgan fingerprint density at radius 2 is 1.96 bits per heavy atom. The van der Waals surface area contributed by atoms with E-state index in [0.29, 0.717) is 37.1 Å². The number of nitrogens with zero attached hydrogens (tertiary/aromatic N) is 3. The number of sulfonamides is 1. The van der Waals surface area contributed by atoms with Crippen molar-refractivity contribution in [1.82, 2.24) is 30.1 Å². The van der Waals surface area contributed by atoms with E-state index in [9.17, 15) is 32.4 Å². The minimum Gasteiger partial charge on any atom is -0.472 e. The van der Waals surface area contributed by atoms with E-state index in [0.717, 1.165) is 22.4 Å². The van der Waals surface area contributed by atoms with Crippen LogP contribution in [0.5, 0.6) is 5.88 Å². The summed E-state index contributed by atoms with van der Waals surface area (Å²) in [5.41, 5.74) is -0.0738. The second-order valence-electron chi connectivity index (χ2n) is 13.9. The fourth-order valence-electron chi connectivity index (χ4n) is 6.88. The minimum atomic E-state index is -3.93. The maximum absolute atomic E-state index is 14.5. The lowest BCUT2D eigenvalue weighted by molar-refractivity contribution is -0.143. The average Bonchev–Trinajstić information content (AvgIpc) is 3.90. The van der Waals surface area contributed by atoms with E-state index in [2.05, 4.69) is 33.5 Å². The molecule has 3 heterocycles. The van der Waals surface area contributed by atoms with Gasteiger partial charge in [0.2, 0.25) is 33.6 Å². The summed E-state index contributed by atoms with van der Waals surface area (Å²) in [5.74, 6) is -2.48. The number of alkyl carbamates (subject to hydrolysis) is 1. The highest BCUT2D eigenvalue weighted by atomic mass is 32.2. The molecule has 15 nitrogen and oxygen atoms in total. The fraction of sp³-hybridized carbons (Fsp3) is 0.459. The summed E-state index contributed by atoms with van der Waals surface area (Å²) < 4.78 is 39.3. The summed E-state index contributed by atoms with van der Waals surface area (Å²) in [6, 6.07) is 5.09. The Labute approximate surface area is 307 Å². The van der Waals surface area contributed by atoms with Gasteiger partial charge in [-0.2, -0.15) is 0 Å². The highest BCUT2D eigenvalue weighted by Crippen LogP contribution is 2.38. The molecule has 53 heavy (non-hydrogen) atoms. The molecule has 2 aromatic rings. The monoisotopic (exact) mass is 748 g/mol. The summed E-state index contributed by atoms with van der Waals surface area (Å²) in [6.07, 6.45) is 6.91. The Balaban J connectivity index is 1.34. The molecule has 5 amide bonds. The van der Waals surface area contributed by atoms with Crippen molar-refractivity contribution in [2.24, 2.45) is 0 Å². The third kappa shape index (κ3) is 8.37. The molecule has 16 heteroatoms. The second-order valence-corrected chi connectivity index (χ2v) is 15.8. The predicted molar refractivity (Wildman–Crippen MR) is 195 cm³/mol. The van der Waals surface area contributed by atoms with Gasteiger partial charge in [0.15, 0.2) is 0 Å². The molecule has 2 aliphatic heterocycles. The van der Waals surface area contributed by atoms with E-state index in [1.807, 2.05) is 36.4 Å². The molecule has 3 fully saturated rings. The number of carbonyl (C=O) groups excluding carboxylic acids is 5. The number of ether oxygens (including phenoxy) is 2. The lowest BCUT2D eigenvalue weighted by Crippen LogP contribution is -2.67. The number of benzene rings is 1. The lowest BCUT2D eigenvalue weighted by atomic mass is 9.72. The largest absolute Gasteiger partial charge is 0.472 e. The van der Waals surface area contributed by atoms with Crippen LogP contribution < -0.4 is 20.1 Å². The molecule has 2 saturated carbocycles. The van der Waals surface area contributed by atoms with E-state index < -0.39 is 68.7 Å². The van der Waals surface area contributed by atoms with Crippen LogP contribution in [0.2, 0.25) is 0 Å². The molecule has 1 saturated heterocycles. The number of hydrogen-bond donors (Lipinski definition) is 3. The van der Waals surface area contributed by atoms with Crippen LogP contribution in [0.4, 0.5) is 4.79 Å². The number of cyclic esters (lactones) is 1. The number of hydrogen-bond acceptors (Lipinski definition) is 10. The van der Waals surface area contributed by atoms with Crippen molar-refractivity contribution in [2.45, 2.75) is 80.8 Å². The van der Waals surface area contributed by atoms with Crippen molar-refractivity contribution >= 4 is 56.6 Å². The molecule has 3 N–H and O–H groups in total. The molecule has 0 unspecified atom stereocenters. The molecule has 282 valence electrons. The van der Waals surface area contributed by atoms with E-state index in [-0.39, 0.29) is 45.5 Å². The van der Waals surface area contributed by atoms with Crippen LogP contribution >= 0.6 is 0 Å². The van der Waals surface area contributed by atoms with Crippen LogP contribution in [-0.4, -0.2) is 108 Å². The van der Waals surface area contributed by atoms with Gasteiger partial charge in [-0.05, 0) is 61.8 Å². The van der Waals surface area contributed by atoms with E-state index in [1.54, 1.807) is 13.1 Å². The molecular weight excluding hydrogens is 705 g/mol. The van der Waals surface area contributed by atoms with E-state index in [4.69, 9.17) is 9.47 Å². The third-order valence-corrected chi connectivity index (χ3v) is 11.7. The van der Waals surface area contributed by atoms with E-state index in [1.165, 1.54) is 9.80 Å². The smallest absolute Gasteiger partial charge is 0.407 e. The van der Waals surface area contributed by atoms with Gasteiger partial charge in [0, 0.05) is 37.4 Å². The number of rotatable bonds is 9. The zero-order valence-electron chi connectivity index (χ0n) is 29.5. The molecule has 6 rings (SSSR count). The number of amides is 5. The molecule has 2 aliphatic carbocycles. The minimum absolute atomic E-state index is 0.00715. The Morgan fingerprint density at radius 3 is 2.66 bits per heavy atom. The normalized spacial score (nSPS) is 23.7. The zero-order chi connectivity index (χ0) is 37.9. The topological polar surface area (TPSA) is 193 Å². The average molecular weight is 749 g/mol. The van der Waals surface area contributed by atoms with Crippen LogP contribution in [0.25, 0.3) is 16.8 Å². The number of nitrogens with one attached hydrogen (secondary N) is 3. The zero-order valence-corrected chi connectivity index (χ0v) is 30.4. The molecular formula is C37H44N6O9S. The second kappa shape index (κ2) is 15.4. The molecule has 0 radical (unpaired) electrons. The van der Waals surface area contributed by atoms with Crippen molar-refractivity contribution in [2.75, 3.05) is 26.2 Å². The van der Waals surface area contributed by atoms with Crippen molar-refractivity contribution < 1.29 is 41.9 Å². The first-order chi connectivity index (χ1) is 25.3. The number of pyridine rings is 1. The summed E-state index contributed by atoms with van der Waals surface area (Å²) >= 11 is 0. The quantitative estimate of drug-likeness (QED) is 0.253. The predicted octanol–water partition coefficient (Wildman–Crippen LogP) is 2.33. The van der Waals surface area contributed by atoms with Gasteiger partial charge >= 0.3 is 6.09 Å². The van der Waals surface area contributed by atoms with Gasteiger partial charge in [-0.3, -0.25) is 23.9 Å². The standard InChI is InChI=1S/C37H44N6O9S/c1-4-31(44)42(5-2)22-29-34(46)43-21-26(18-30(43)32(45)40-37(19-23(3)20-37)35(47)41-53(49,50)27-12-13-27)52-33-28-17-24(10-11-25(28)14-15-38-33)9-7-6-8-16-51-36(48)39-29/h4,7,9-11,14-15,17,26-27,29-30H,1,3,5-6,8,12-13,16,18-22H2,2H3,(H,39,48)(H,40,45)(H,41,47)/b9-7+/t26-,29+,30+/m1/s1. The molecule has 3 atom stereocenters. The summed E-state index contributed by atoms with van der Waals surface area (Å²) in [7, 11) is -3.93. The molecule has 4 aliphatic rings. The number of carbonyl (C=O) groups is 5. The van der Waals surface area contributed by atoms with Crippen LogP contribution in [0.1, 0.15) is 57.4 Å². The molecule has 1 aromatic heterocycles. The van der Waals surface area contributed by atoms with Gasteiger partial charge in [-0.15, -0.1) is 0 Å². The molecule has 0 spiro atoms. The Kier molecular flexibility index (Phi) is 10.9. The molecule has 1 aromatic carbocycles. The number of aromatic nitrogens is 1. The van der Waals surface area contributed by atoms with Crippen LogP contribution in [0.3, 0.4) is 0 Å². The fourth-order valence-corrected chi connectivity index (χ4v) is 8.26. The van der Waals surface area contributed by atoms with Crippen molar-refractivity contribution in [3.05, 3.63) is 66.9 Å². The summed E-state index contributed by atoms with van der Waals surface area (Å²) in [4.78, 5) is 75.0. The number of likely N-dealkylation sites (N-methyl/N-ethyl adjacent to an activating group) is 1. The number of allylic oxidation sites excluding steroid dienone is 1. The lowest BCUT2D eigenvalue weighted by Gasteiger charge is -2.43. The Bertz CT molecular complexity index is 1970. The highest BCUT2D eigenvalue weighted by Gasteiger charge is 2.53. The van der Waals surface area contributed by atoms with Crippen molar-refractivity contribution in [1.29, 1.82) is 0 Å².